The Morgan fingerprint density at radius 1 is 1.18 bits per heavy atom. The van der Waals surface area contributed by atoms with Gasteiger partial charge < -0.3 is 4.98 Å². The first kappa shape index (κ1) is 14.3. The fourth-order valence-corrected chi connectivity index (χ4v) is 2.79. The molecule has 5 nitrogen and oxygen atoms in total. The van der Waals surface area contributed by atoms with Gasteiger partial charge in [-0.1, -0.05) is 30.3 Å². The Bertz CT molecular complexity index is 821. The number of hydrogen-bond donors (Lipinski definition) is 1. The number of nitrogens with one attached hydrogen (secondary N) is 1. The number of nitro groups is 1. The number of nitro benzene ring substituents is 1. The SMILES string of the molecule is O=[N+]([O-])c1cc(F)ccc1Sc1ncc(-c2ccccc2)[nH]1. The van der Waals surface area contributed by atoms with Gasteiger partial charge in [-0.2, -0.15) is 0 Å². The summed E-state index contributed by atoms with van der Waals surface area (Å²) in [7, 11) is 0. The lowest BCUT2D eigenvalue weighted by molar-refractivity contribution is -0.387. The number of aromatic nitrogens is 2. The van der Waals surface area contributed by atoms with Gasteiger partial charge in [0.1, 0.15) is 5.82 Å². The largest absolute Gasteiger partial charge is 0.333 e. The molecule has 3 rings (SSSR count). The minimum absolute atomic E-state index is 0.275. The molecule has 0 bridgehead atoms. The van der Waals surface area contributed by atoms with Gasteiger partial charge in [0, 0.05) is 0 Å². The summed E-state index contributed by atoms with van der Waals surface area (Å²) in [5.41, 5.74) is 1.51. The van der Waals surface area contributed by atoms with E-state index in [9.17, 15) is 14.5 Å². The molecule has 0 amide bonds. The standard InChI is InChI=1S/C15H10FN3O2S/c16-11-6-7-14(13(8-11)19(20)21)22-15-17-9-12(18-15)10-4-2-1-3-5-10/h1-9H,(H,17,18). The van der Waals surface area contributed by atoms with E-state index >= 15 is 0 Å². The fraction of sp³-hybridized carbons (Fsp3) is 0. The summed E-state index contributed by atoms with van der Waals surface area (Å²) in [6, 6.07) is 13.1. The van der Waals surface area contributed by atoms with Crippen molar-refractivity contribution in [3.05, 3.63) is 70.7 Å². The van der Waals surface area contributed by atoms with E-state index in [0.717, 1.165) is 29.1 Å². The van der Waals surface area contributed by atoms with Crippen LogP contribution in [0.3, 0.4) is 0 Å². The van der Waals surface area contributed by atoms with Crippen molar-refractivity contribution in [3.8, 4) is 11.3 Å². The maximum atomic E-state index is 13.1. The van der Waals surface area contributed by atoms with Gasteiger partial charge in [0.15, 0.2) is 5.16 Å². The maximum Gasteiger partial charge on any atom is 0.286 e. The van der Waals surface area contributed by atoms with Gasteiger partial charge >= 0.3 is 0 Å². The molecule has 2 aromatic carbocycles. The van der Waals surface area contributed by atoms with Crippen LogP contribution in [0.25, 0.3) is 11.3 Å². The second-order valence-corrected chi connectivity index (χ2v) is 5.47. The third-order valence-electron chi connectivity index (χ3n) is 2.96. The van der Waals surface area contributed by atoms with Crippen molar-refractivity contribution in [2.45, 2.75) is 10.1 Å². The molecular weight excluding hydrogens is 305 g/mol. The van der Waals surface area contributed by atoms with E-state index < -0.39 is 10.7 Å². The summed E-state index contributed by atoms with van der Waals surface area (Å²) in [6.07, 6.45) is 1.66. The molecule has 0 aliphatic carbocycles. The highest BCUT2D eigenvalue weighted by atomic mass is 32.2. The average molecular weight is 315 g/mol. The minimum atomic E-state index is -0.638. The van der Waals surface area contributed by atoms with Gasteiger partial charge in [0.05, 0.1) is 27.8 Å². The lowest BCUT2D eigenvalue weighted by Crippen LogP contribution is -1.92. The number of nitrogens with zero attached hydrogens (tertiary/aromatic N) is 2. The molecule has 3 aromatic rings. The first-order chi connectivity index (χ1) is 10.6. The fourth-order valence-electron chi connectivity index (χ4n) is 1.94. The van der Waals surface area contributed by atoms with E-state index in [-0.39, 0.29) is 5.69 Å². The minimum Gasteiger partial charge on any atom is -0.333 e. The van der Waals surface area contributed by atoms with Gasteiger partial charge in [-0.3, -0.25) is 10.1 Å². The Morgan fingerprint density at radius 2 is 1.95 bits per heavy atom. The molecule has 0 saturated carbocycles. The summed E-state index contributed by atoms with van der Waals surface area (Å²) >= 11 is 1.09. The molecule has 1 aromatic heterocycles. The Morgan fingerprint density at radius 3 is 2.68 bits per heavy atom. The van der Waals surface area contributed by atoms with E-state index in [4.69, 9.17) is 0 Å². The normalized spacial score (nSPS) is 10.6. The van der Waals surface area contributed by atoms with Crippen molar-refractivity contribution >= 4 is 17.4 Å². The van der Waals surface area contributed by atoms with Gasteiger partial charge in [0.2, 0.25) is 0 Å². The van der Waals surface area contributed by atoms with E-state index in [0.29, 0.717) is 10.1 Å². The Hall–Kier alpha value is -2.67. The number of hydrogen-bond acceptors (Lipinski definition) is 4. The quantitative estimate of drug-likeness (QED) is 0.576. The first-order valence-electron chi connectivity index (χ1n) is 6.36. The van der Waals surface area contributed by atoms with Crippen LogP contribution in [-0.2, 0) is 0 Å². The van der Waals surface area contributed by atoms with Crippen LogP contribution < -0.4 is 0 Å². The number of imidazole rings is 1. The van der Waals surface area contributed by atoms with Crippen LogP contribution in [0.1, 0.15) is 0 Å². The molecule has 1 N–H and O–H groups in total. The molecule has 0 unspecified atom stereocenters. The number of aromatic amines is 1. The predicted molar refractivity (Wildman–Crippen MR) is 81.2 cm³/mol. The highest BCUT2D eigenvalue weighted by Crippen LogP contribution is 2.34. The van der Waals surface area contributed by atoms with Crippen molar-refractivity contribution < 1.29 is 9.31 Å². The molecule has 1 heterocycles. The van der Waals surface area contributed by atoms with E-state index in [1.54, 1.807) is 6.20 Å². The van der Waals surface area contributed by atoms with Crippen LogP contribution in [0.5, 0.6) is 0 Å². The third kappa shape index (κ3) is 2.99. The second-order valence-electron chi connectivity index (χ2n) is 4.44. The number of benzene rings is 2. The Balaban J connectivity index is 1.89. The van der Waals surface area contributed by atoms with E-state index in [2.05, 4.69) is 9.97 Å². The van der Waals surface area contributed by atoms with Crippen molar-refractivity contribution in [1.29, 1.82) is 0 Å². The number of rotatable bonds is 4. The van der Waals surface area contributed by atoms with Crippen LogP contribution in [-0.4, -0.2) is 14.9 Å². The zero-order chi connectivity index (χ0) is 15.5. The molecule has 0 spiro atoms. The Labute approximate surface area is 129 Å². The molecule has 7 heteroatoms. The molecule has 0 saturated heterocycles. The molecule has 0 aliphatic rings. The van der Waals surface area contributed by atoms with Gasteiger partial charge in [-0.05, 0) is 29.5 Å². The molecule has 110 valence electrons. The lowest BCUT2D eigenvalue weighted by atomic mass is 10.2. The summed E-state index contributed by atoms with van der Waals surface area (Å²) in [6.45, 7) is 0. The van der Waals surface area contributed by atoms with Crippen molar-refractivity contribution in [2.24, 2.45) is 0 Å². The molecule has 0 aliphatic heterocycles. The monoisotopic (exact) mass is 315 g/mol. The van der Waals surface area contributed by atoms with Crippen LogP contribution in [0, 0.1) is 15.9 Å². The Kier molecular flexibility index (Phi) is 3.88. The highest BCUT2D eigenvalue weighted by molar-refractivity contribution is 7.99. The second kappa shape index (κ2) is 5.98. The molecule has 0 radical (unpaired) electrons. The van der Waals surface area contributed by atoms with Crippen LogP contribution in [0.4, 0.5) is 10.1 Å². The van der Waals surface area contributed by atoms with Crippen LogP contribution >= 0.6 is 11.8 Å². The topological polar surface area (TPSA) is 71.8 Å². The summed E-state index contributed by atoms with van der Waals surface area (Å²) < 4.78 is 13.1. The first-order valence-corrected chi connectivity index (χ1v) is 7.17. The zero-order valence-corrected chi connectivity index (χ0v) is 12.0. The smallest absolute Gasteiger partial charge is 0.286 e. The summed E-state index contributed by atoms with van der Waals surface area (Å²) in [4.78, 5) is 18.0. The van der Waals surface area contributed by atoms with Gasteiger partial charge in [-0.25, -0.2) is 9.37 Å². The van der Waals surface area contributed by atoms with Gasteiger partial charge in [0.25, 0.3) is 5.69 Å². The van der Waals surface area contributed by atoms with E-state index in [1.165, 1.54) is 12.1 Å². The maximum absolute atomic E-state index is 13.1. The van der Waals surface area contributed by atoms with Gasteiger partial charge in [-0.15, -0.1) is 0 Å². The lowest BCUT2D eigenvalue weighted by Gasteiger charge is -2.00. The number of halogens is 1. The van der Waals surface area contributed by atoms with Crippen LogP contribution in [0.2, 0.25) is 0 Å². The molecule has 0 atom stereocenters. The van der Waals surface area contributed by atoms with Crippen LogP contribution in [0.15, 0.2) is 64.8 Å². The predicted octanol–water partition coefficient (Wildman–Crippen LogP) is 4.28. The summed E-state index contributed by atoms with van der Waals surface area (Å²) in [5.74, 6) is -0.638. The average Bonchev–Trinajstić information content (AvgIpc) is 2.98. The van der Waals surface area contributed by atoms with Crippen molar-refractivity contribution in [2.75, 3.05) is 0 Å². The number of H-pyrrole nitrogens is 1. The zero-order valence-electron chi connectivity index (χ0n) is 11.2. The molecule has 22 heavy (non-hydrogen) atoms. The van der Waals surface area contributed by atoms with Crippen molar-refractivity contribution in [1.82, 2.24) is 9.97 Å². The van der Waals surface area contributed by atoms with E-state index in [1.807, 2.05) is 30.3 Å². The third-order valence-corrected chi connectivity index (χ3v) is 3.93. The molecular formula is C15H10FN3O2S. The molecule has 0 fully saturated rings. The van der Waals surface area contributed by atoms with Crippen molar-refractivity contribution in [3.63, 3.8) is 0 Å². The summed E-state index contributed by atoms with van der Waals surface area (Å²) in [5, 5.41) is 11.5. The highest BCUT2D eigenvalue weighted by Gasteiger charge is 2.17.